The van der Waals surface area contributed by atoms with Gasteiger partial charge in [-0.2, -0.15) is 0 Å². The van der Waals surface area contributed by atoms with Gasteiger partial charge in [0.25, 0.3) is 0 Å². The second-order valence-electron chi connectivity index (χ2n) is 8.26. The normalized spacial score (nSPS) is 17.9. The molecular formula is C26H24ClFN4O2. The zero-order chi connectivity index (χ0) is 24.3. The van der Waals surface area contributed by atoms with E-state index in [1.165, 1.54) is 18.5 Å². The quantitative estimate of drug-likeness (QED) is 0.414. The Morgan fingerprint density at radius 3 is 2.94 bits per heavy atom. The molecule has 6 nitrogen and oxygen atoms in total. The number of carbonyl (C=O) groups is 1. The molecule has 1 atom stereocenters. The number of ether oxygens (including phenoxy) is 1. The van der Waals surface area contributed by atoms with Crippen LogP contribution in [0.5, 0.6) is 0 Å². The van der Waals surface area contributed by atoms with E-state index < -0.39 is 11.4 Å². The van der Waals surface area contributed by atoms with Crippen LogP contribution in [0.4, 0.5) is 15.9 Å². The molecule has 0 saturated carbocycles. The summed E-state index contributed by atoms with van der Waals surface area (Å²) < 4.78 is 20.2. The molecule has 1 aliphatic rings. The standard InChI is InChI=1S/C26H24ClFN4O2/c1-4-19(33)12-18-13-20-23(14-17(18)8-9-26(34-3)10-11-32(2)15-26)29-16-30-25(20)31-22-7-5-6-21(27)24(22)28/h4-7,13-14,16H,1,10-12,15H2,2-3H3,(H,29,30,31)/t26-/m0/s1. The first-order chi connectivity index (χ1) is 16.3. The predicted octanol–water partition coefficient (Wildman–Crippen LogP) is 4.54. The Morgan fingerprint density at radius 1 is 1.41 bits per heavy atom. The number of benzene rings is 2. The van der Waals surface area contributed by atoms with Crippen molar-refractivity contribution in [3.63, 3.8) is 0 Å². The fourth-order valence-electron chi connectivity index (χ4n) is 3.96. The number of aromatic nitrogens is 2. The Kier molecular flexibility index (Phi) is 6.94. The summed E-state index contributed by atoms with van der Waals surface area (Å²) in [7, 11) is 3.69. The van der Waals surface area contributed by atoms with Crippen molar-refractivity contribution in [2.45, 2.75) is 18.4 Å². The molecule has 1 saturated heterocycles. The van der Waals surface area contributed by atoms with Gasteiger partial charge in [0.2, 0.25) is 0 Å². The number of likely N-dealkylation sites (tertiary alicyclic amines) is 1. The van der Waals surface area contributed by atoms with Gasteiger partial charge in [0.15, 0.2) is 11.6 Å². The summed E-state index contributed by atoms with van der Waals surface area (Å²) in [5.74, 6) is 6.18. The van der Waals surface area contributed by atoms with Crippen LogP contribution in [-0.4, -0.2) is 53.5 Å². The summed E-state index contributed by atoms with van der Waals surface area (Å²) in [6.45, 7) is 5.17. The van der Waals surface area contributed by atoms with E-state index in [0.717, 1.165) is 13.0 Å². The molecule has 0 unspecified atom stereocenters. The van der Waals surface area contributed by atoms with E-state index in [9.17, 15) is 9.18 Å². The number of fused-ring (bicyclic) bond motifs is 1. The summed E-state index contributed by atoms with van der Waals surface area (Å²) in [4.78, 5) is 23.1. The number of nitrogens with one attached hydrogen (secondary N) is 1. The molecule has 2 aromatic carbocycles. The van der Waals surface area contributed by atoms with E-state index in [1.807, 2.05) is 19.2 Å². The molecule has 4 rings (SSSR count). The van der Waals surface area contributed by atoms with Crippen LogP contribution in [-0.2, 0) is 16.0 Å². The molecule has 1 N–H and O–H groups in total. The minimum Gasteiger partial charge on any atom is -0.364 e. The SMILES string of the molecule is C=CC(=O)Cc1cc2c(Nc3cccc(Cl)c3F)ncnc2cc1C#C[C@]1(OC)CCN(C)C1. The minimum absolute atomic E-state index is 0.00261. The number of nitrogens with zero attached hydrogens (tertiary/aromatic N) is 3. The van der Waals surface area contributed by atoms with E-state index >= 15 is 0 Å². The first-order valence-corrected chi connectivity index (χ1v) is 11.1. The van der Waals surface area contributed by atoms with Crippen LogP contribution in [0.15, 0.2) is 49.3 Å². The first-order valence-electron chi connectivity index (χ1n) is 10.7. The predicted molar refractivity (Wildman–Crippen MR) is 132 cm³/mol. The molecule has 2 heterocycles. The van der Waals surface area contributed by atoms with Gasteiger partial charge in [0, 0.05) is 44.0 Å². The van der Waals surface area contributed by atoms with Crippen molar-refractivity contribution in [1.82, 2.24) is 14.9 Å². The molecular weight excluding hydrogens is 455 g/mol. The van der Waals surface area contributed by atoms with Crippen molar-refractivity contribution in [1.29, 1.82) is 0 Å². The monoisotopic (exact) mass is 478 g/mol. The lowest BCUT2D eigenvalue weighted by atomic mass is 9.97. The van der Waals surface area contributed by atoms with Crippen molar-refractivity contribution in [3.8, 4) is 11.8 Å². The second kappa shape index (κ2) is 9.90. The molecule has 0 bridgehead atoms. The van der Waals surface area contributed by atoms with E-state index in [4.69, 9.17) is 16.3 Å². The smallest absolute Gasteiger partial charge is 0.165 e. The van der Waals surface area contributed by atoms with Gasteiger partial charge in [-0.25, -0.2) is 14.4 Å². The van der Waals surface area contributed by atoms with E-state index in [-0.39, 0.29) is 22.9 Å². The number of halogens is 2. The number of hydrogen-bond acceptors (Lipinski definition) is 6. The Labute approximate surface area is 202 Å². The Bertz CT molecular complexity index is 1330. The Morgan fingerprint density at radius 2 is 2.24 bits per heavy atom. The lowest BCUT2D eigenvalue weighted by Gasteiger charge is -2.20. The highest BCUT2D eigenvalue weighted by atomic mass is 35.5. The molecule has 34 heavy (non-hydrogen) atoms. The number of methoxy groups -OCH3 is 1. The van der Waals surface area contributed by atoms with Gasteiger partial charge in [0.05, 0.1) is 16.2 Å². The lowest BCUT2D eigenvalue weighted by molar-refractivity contribution is -0.114. The average Bonchev–Trinajstić information content (AvgIpc) is 3.22. The van der Waals surface area contributed by atoms with Crippen molar-refractivity contribution in [3.05, 3.63) is 71.3 Å². The van der Waals surface area contributed by atoms with Crippen molar-refractivity contribution >= 4 is 39.8 Å². The highest BCUT2D eigenvalue weighted by Gasteiger charge is 2.35. The van der Waals surface area contributed by atoms with Gasteiger partial charge in [-0.15, -0.1) is 0 Å². The van der Waals surface area contributed by atoms with Gasteiger partial charge >= 0.3 is 0 Å². The summed E-state index contributed by atoms with van der Waals surface area (Å²) in [5.41, 5.74) is 1.60. The number of anilines is 2. The number of carbonyl (C=O) groups excluding carboxylic acids is 1. The maximum absolute atomic E-state index is 14.5. The maximum Gasteiger partial charge on any atom is 0.165 e. The minimum atomic E-state index is -0.577. The zero-order valence-corrected chi connectivity index (χ0v) is 19.7. The van der Waals surface area contributed by atoms with Gasteiger partial charge in [-0.1, -0.05) is 36.1 Å². The zero-order valence-electron chi connectivity index (χ0n) is 19.0. The van der Waals surface area contributed by atoms with Crippen LogP contribution in [0, 0.1) is 17.7 Å². The summed E-state index contributed by atoms with van der Waals surface area (Å²) in [6.07, 6.45) is 3.58. The van der Waals surface area contributed by atoms with E-state index in [2.05, 4.69) is 38.6 Å². The fraction of sp³-hybridized carbons (Fsp3) is 0.269. The third-order valence-electron chi connectivity index (χ3n) is 5.90. The molecule has 1 aliphatic heterocycles. The van der Waals surface area contributed by atoms with Crippen LogP contribution in [0.25, 0.3) is 10.9 Å². The lowest BCUT2D eigenvalue weighted by Crippen LogP contribution is -2.32. The van der Waals surface area contributed by atoms with Crippen LogP contribution in [0.1, 0.15) is 17.5 Å². The van der Waals surface area contributed by atoms with Crippen molar-refractivity contribution < 1.29 is 13.9 Å². The molecule has 0 radical (unpaired) electrons. The number of ketones is 1. The Balaban J connectivity index is 1.80. The summed E-state index contributed by atoms with van der Waals surface area (Å²) in [6, 6.07) is 8.31. The van der Waals surface area contributed by atoms with E-state index in [0.29, 0.717) is 34.4 Å². The van der Waals surface area contributed by atoms with Gasteiger partial charge < -0.3 is 15.0 Å². The van der Waals surface area contributed by atoms with Crippen LogP contribution >= 0.6 is 11.6 Å². The van der Waals surface area contributed by atoms with Crippen molar-refractivity contribution in [2.24, 2.45) is 0 Å². The highest BCUT2D eigenvalue weighted by Crippen LogP contribution is 2.30. The molecule has 0 amide bonds. The number of hydrogen-bond donors (Lipinski definition) is 1. The van der Waals surface area contributed by atoms with Gasteiger partial charge in [-0.05, 0) is 43.0 Å². The molecule has 1 aromatic heterocycles. The molecule has 3 aromatic rings. The fourth-order valence-corrected chi connectivity index (χ4v) is 4.14. The third kappa shape index (κ3) is 4.95. The second-order valence-corrected chi connectivity index (χ2v) is 8.67. The Hall–Kier alpha value is -3.31. The van der Waals surface area contributed by atoms with Crippen LogP contribution < -0.4 is 5.32 Å². The topological polar surface area (TPSA) is 67.3 Å². The van der Waals surface area contributed by atoms with Gasteiger partial charge in [-0.3, -0.25) is 4.79 Å². The first kappa shape index (κ1) is 23.8. The number of allylic oxidation sites excluding steroid dienone is 1. The number of rotatable bonds is 6. The molecule has 1 fully saturated rings. The summed E-state index contributed by atoms with van der Waals surface area (Å²) in [5, 5.41) is 3.62. The molecule has 0 aliphatic carbocycles. The van der Waals surface area contributed by atoms with Crippen LogP contribution in [0.2, 0.25) is 5.02 Å². The summed E-state index contributed by atoms with van der Waals surface area (Å²) >= 11 is 5.92. The van der Waals surface area contributed by atoms with E-state index in [1.54, 1.807) is 19.2 Å². The third-order valence-corrected chi connectivity index (χ3v) is 6.19. The average molecular weight is 479 g/mol. The van der Waals surface area contributed by atoms with Crippen LogP contribution in [0.3, 0.4) is 0 Å². The molecule has 174 valence electrons. The molecule has 0 spiro atoms. The van der Waals surface area contributed by atoms with Crippen molar-refractivity contribution in [2.75, 3.05) is 32.6 Å². The maximum atomic E-state index is 14.5. The highest BCUT2D eigenvalue weighted by molar-refractivity contribution is 6.31. The van der Waals surface area contributed by atoms with Gasteiger partial charge in [0.1, 0.15) is 17.7 Å². The largest absolute Gasteiger partial charge is 0.364 e. The molecule has 8 heteroatoms. The number of likely N-dealkylation sites (N-methyl/N-ethyl adjacent to an activating group) is 1.